The molecule has 0 aromatic rings. The minimum Gasteiger partial charge on any atom is -0.480 e. The monoisotopic (exact) mass is 254 g/mol. The molecule has 102 valence electrons. The molecule has 2 fully saturated rings. The summed E-state index contributed by atoms with van der Waals surface area (Å²) in [7, 11) is 1.57. The summed E-state index contributed by atoms with van der Waals surface area (Å²) in [6.07, 6.45) is 6.05. The molecule has 0 aromatic carbocycles. The molecule has 1 saturated carbocycles. The summed E-state index contributed by atoms with van der Waals surface area (Å²) in [5, 5.41) is 8.94. The average Bonchev–Trinajstić information content (AvgIpc) is 2.97. The van der Waals surface area contributed by atoms with Gasteiger partial charge in [0.25, 0.3) is 0 Å². The third-order valence-electron chi connectivity index (χ3n) is 4.61. The van der Waals surface area contributed by atoms with Crippen LogP contribution in [0.4, 0.5) is 4.79 Å². The molecular weight excluding hydrogens is 232 g/mol. The first-order valence-electron chi connectivity index (χ1n) is 6.70. The van der Waals surface area contributed by atoms with Crippen molar-refractivity contribution in [3.63, 3.8) is 0 Å². The van der Waals surface area contributed by atoms with E-state index in [2.05, 4.69) is 0 Å². The van der Waals surface area contributed by atoms with Crippen molar-refractivity contribution in [3.05, 3.63) is 0 Å². The number of aliphatic carboxylic acids is 1. The van der Waals surface area contributed by atoms with Crippen LogP contribution in [0.25, 0.3) is 0 Å². The number of amides is 2. The average molecular weight is 254 g/mol. The van der Waals surface area contributed by atoms with E-state index in [0.29, 0.717) is 5.41 Å². The van der Waals surface area contributed by atoms with Gasteiger partial charge in [-0.2, -0.15) is 0 Å². The lowest BCUT2D eigenvalue weighted by Crippen LogP contribution is -2.47. The zero-order valence-electron chi connectivity index (χ0n) is 11.2. The van der Waals surface area contributed by atoms with E-state index in [0.717, 1.165) is 19.5 Å². The number of hydrogen-bond donors (Lipinski definition) is 1. The van der Waals surface area contributed by atoms with Gasteiger partial charge in [0, 0.05) is 20.1 Å². The van der Waals surface area contributed by atoms with Gasteiger partial charge in [0.05, 0.1) is 0 Å². The molecular formula is C13H22N2O3. The Morgan fingerprint density at radius 3 is 2.44 bits per heavy atom. The number of carboxylic acid groups (broad SMARTS) is 1. The first-order valence-corrected chi connectivity index (χ1v) is 6.70. The summed E-state index contributed by atoms with van der Waals surface area (Å²) in [6, 6.07) is -0.911. The van der Waals surface area contributed by atoms with Crippen LogP contribution in [-0.2, 0) is 4.79 Å². The largest absolute Gasteiger partial charge is 0.480 e. The van der Waals surface area contributed by atoms with E-state index in [-0.39, 0.29) is 6.03 Å². The Bertz CT molecular complexity index is 350. The van der Waals surface area contributed by atoms with Crippen molar-refractivity contribution in [1.29, 1.82) is 0 Å². The van der Waals surface area contributed by atoms with Gasteiger partial charge in [-0.1, -0.05) is 12.8 Å². The highest BCUT2D eigenvalue weighted by Crippen LogP contribution is 2.45. The molecule has 2 amide bonds. The van der Waals surface area contributed by atoms with E-state index < -0.39 is 12.0 Å². The molecule has 0 aromatic heterocycles. The Balaban J connectivity index is 1.96. The molecule has 1 saturated heterocycles. The molecule has 1 N–H and O–H groups in total. The van der Waals surface area contributed by atoms with Crippen LogP contribution in [0.1, 0.15) is 39.0 Å². The molecule has 1 unspecified atom stereocenters. The van der Waals surface area contributed by atoms with Crippen molar-refractivity contribution in [3.8, 4) is 0 Å². The van der Waals surface area contributed by atoms with Gasteiger partial charge < -0.3 is 14.9 Å². The molecule has 2 aliphatic rings. The molecule has 5 heteroatoms. The second-order valence-corrected chi connectivity index (χ2v) is 5.79. The van der Waals surface area contributed by atoms with Gasteiger partial charge in [-0.05, 0) is 31.6 Å². The quantitative estimate of drug-likeness (QED) is 0.817. The van der Waals surface area contributed by atoms with Crippen molar-refractivity contribution in [2.24, 2.45) is 5.41 Å². The lowest BCUT2D eigenvalue weighted by Gasteiger charge is -2.29. The standard InChI is InChI=1S/C13H22N2O3/c1-10(11(16)17)14(2)12(18)15-8-7-13(9-15)5-3-4-6-13/h10H,3-9H2,1-2H3,(H,16,17). The van der Waals surface area contributed by atoms with Crippen molar-refractivity contribution >= 4 is 12.0 Å². The maximum Gasteiger partial charge on any atom is 0.326 e. The smallest absolute Gasteiger partial charge is 0.326 e. The molecule has 1 aliphatic heterocycles. The van der Waals surface area contributed by atoms with Crippen LogP contribution < -0.4 is 0 Å². The van der Waals surface area contributed by atoms with Crippen LogP contribution >= 0.6 is 0 Å². The number of carbonyl (C=O) groups is 2. The summed E-state index contributed by atoms with van der Waals surface area (Å²) < 4.78 is 0. The van der Waals surface area contributed by atoms with Crippen molar-refractivity contribution in [2.45, 2.75) is 45.1 Å². The number of carboxylic acids is 1. The summed E-state index contributed by atoms with van der Waals surface area (Å²) in [6.45, 7) is 3.12. The third-order valence-corrected chi connectivity index (χ3v) is 4.61. The number of carbonyl (C=O) groups excluding carboxylic acids is 1. The number of rotatable bonds is 2. The Morgan fingerprint density at radius 1 is 1.28 bits per heavy atom. The van der Waals surface area contributed by atoms with Gasteiger partial charge in [0.15, 0.2) is 0 Å². The predicted molar refractivity (Wildman–Crippen MR) is 67.3 cm³/mol. The van der Waals surface area contributed by atoms with Crippen LogP contribution in [-0.4, -0.2) is 53.1 Å². The summed E-state index contributed by atoms with van der Waals surface area (Å²) in [4.78, 5) is 26.3. The van der Waals surface area contributed by atoms with E-state index >= 15 is 0 Å². The first-order chi connectivity index (χ1) is 8.45. The number of hydrogen-bond acceptors (Lipinski definition) is 2. The molecule has 0 bridgehead atoms. The lowest BCUT2D eigenvalue weighted by molar-refractivity contribution is -0.141. The van der Waals surface area contributed by atoms with Gasteiger partial charge >= 0.3 is 12.0 Å². The van der Waals surface area contributed by atoms with E-state index in [4.69, 9.17) is 5.11 Å². The minimum absolute atomic E-state index is 0.145. The number of likely N-dealkylation sites (N-methyl/N-ethyl adjacent to an activating group) is 1. The zero-order chi connectivity index (χ0) is 13.3. The molecule has 0 radical (unpaired) electrons. The van der Waals surface area contributed by atoms with Crippen LogP contribution in [0.5, 0.6) is 0 Å². The predicted octanol–water partition coefficient (Wildman–Crippen LogP) is 1.78. The van der Waals surface area contributed by atoms with E-state index in [1.165, 1.54) is 30.6 Å². The SMILES string of the molecule is CC(C(=O)O)N(C)C(=O)N1CCC2(CCCC2)C1. The second kappa shape index (κ2) is 4.78. The third kappa shape index (κ3) is 2.31. The number of nitrogens with zero attached hydrogens (tertiary/aromatic N) is 2. The molecule has 2 rings (SSSR count). The van der Waals surface area contributed by atoms with Gasteiger partial charge in [0.1, 0.15) is 6.04 Å². The van der Waals surface area contributed by atoms with Gasteiger partial charge in [-0.15, -0.1) is 0 Å². The molecule has 18 heavy (non-hydrogen) atoms. The molecule has 1 spiro atoms. The first kappa shape index (κ1) is 13.2. The van der Waals surface area contributed by atoms with Gasteiger partial charge in [-0.3, -0.25) is 0 Å². The number of urea groups is 1. The van der Waals surface area contributed by atoms with E-state index in [1.807, 2.05) is 4.90 Å². The van der Waals surface area contributed by atoms with Gasteiger partial charge in [0.2, 0.25) is 0 Å². The minimum atomic E-state index is -0.958. The number of likely N-dealkylation sites (tertiary alicyclic amines) is 1. The Hall–Kier alpha value is -1.26. The van der Waals surface area contributed by atoms with Gasteiger partial charge in [-0.25, -0.2) is 9.59 Å². The van der Waals surface area contributed by atoms with Crippen LogP contribution in [0, 0.1) is 5.41 Å². The normalized spacial score (nSPS) is 23.3. The second-order valence-electron chi connectivity index (χ2n) is 5.79. The van der Waals surface area contributed by atoms with Crippen LogP contribution in [0.3, 0.4) is 0 Å². The fourth-order valence-corrected chi connectivity index (χ4v) is 3.19. The molecule has 1 aliphatic carbocycles. The fourth-order valence-electron chi connectivity index (χ4n) is 3.19. The Kier molecular flexibility index (Phi) is 3.50. The van der Waals surface area contributed by atoms with Crippen molar-refractivity contribution in [2.75, 3.05) is 20.1 Å². The lowest BCUT2D eigenvalue weighted by atomic mass is 9.86. The summed E-state index contributed by atoms with van der Waals surface area (Å²) >= 11 is 0. The Labute approximate surface area is 108 Å². The molecule has 1 atom stereocenters. The maximum atomic E-state index is 12.2. The van der Waals surface area contributed by atoms with Crippen molar-refractivity contribution in [1.82, 2.24) is 9.80 Å². The summed E-state index contributed by atoms with van der Waals surface area (Å²) in [5.41, 5.74) is 0.336. The van der Waals surface area contributed by atoms with Crippen molar-refractivity contribution < 1.29 is 14.7 Å². The van der Waals surface area contributed by atoms with E-state index in [1.54, 1.807) is 14.0 Å². The zero-order valence-corrected chi connectivity index (χ0v) is 11.2. The summed E-state index contributed by atoms with van der Waals surface area (Å²) in [5.74, 6) is -0.958. The maximum absolute atomic E-state index is 12.2. The van der Waals surface area contributed by atoms with E-state index in [9.17, 15) is 9.59 Å². The molecule has 5 nitrogen and oxygen atoms in total. The highest BCUT2D eigenvalue weighted by Gasteiger charge is 2.42. The van der Waals surface area contributed by atoms with Crippen LogP contribution in [0.2, 0.25) is 0 Å². The fraction of sp³-hybridized carbons (Fsp3) is 0.846. The topological polar surface area (TPSA) is 60.9 Å². The highest BCUT2D eigenvalue weighted by atomic mass is 16.4. The Morgan fingerprint density at radius 2 is 1.89 bits per heavy atom. The van der Waals surface area contributed by atoms with Crippen LogP contribution in [0.15, 0.2) is 0 Å². The highest BCUT2D eigenvalue weighted by molar-refractivity contribution is 5.82. The molecule has 1 heterocycles.